The molecule has 0 spiro atoms. The molecule has 1 heterocycles. The maximum absolute atomic E-state index is 12.7. The molecule has 0 saturated heterocycles. The average molecular weight is 315 g/mol. The molecule has 1 aromatic heterocycles. The van der Waals surface area contributed by atoms with E-state index in [1.807, 2.05) is 30.6 Å². The third kappa shape index (κ3) is 3.34. The normalized spacial score (nSPS) is 10.8. The highest BCUT2D eigenvalue weighted by molar-refractivity contribution is 6.14. The molecule has 1 aromatic carbocycles. The summed E-state index contributed by atoms with van der Waals surface area (Å²) < 4.78 is 1.98. The van der Waals surface area contributed by atoms with Gasteiger partial charge in [-0.2, -0.15) is 10.5 Å². The third-order valence-electron chi connectivity index (χ3n) is 3.85. The summed E-state index contributed by atoms with van der Waals surface area (Å²) in [5.74, 6) is -0.301. The van der Waals surface area contributed by atoms with Gasteiger partial charge in [0.05, 0.1) is 11.6 Å². The van der Waals surface area contributed by atoms with Crippen LogP contribution in [0.15, 0.2) is 48.6 Å². The summed E-state index contributed by atoms with van der Waals surface area (Å²) >= 11 is 0. The minimum Gasteiger partial charge on any atom is -0.345 e. The zero-order valence-electron chi connectivity index (χ0n) is 13.7. The van der Waals surface area contributed by atoms with Crippen LogP contribution >= 0.6 is 0 Å². The number of aromatic nitrogens is 1. The van der Waals surface area contributed by atoms with Crippen molar-refractivity contribution in [2.75, 3.05) is 0 Å². The first kappa shape index (κ1) is 17.0. The SMILES string of the molecule is C=CCn1c(C)cc(C(=O)/C(C#N)=C/c2ccc(C#N)cc2)c1C. The molecule has 0 fully saturated rings. The molecule has 0 amide bonds. The van der Waals surface area contributed by atoms with Crippen molar-refractivity contribution in [1.82, 2.24) is 4.57 Å². The van der Waals surface area contributed by atoms with E-state index in [1.54, 1.807) is 42.5 Å². The van der Waals surface area contributed by atoms with Gasteiger partial charge in [-0.05, 0) is 43.7 Å². The summed E-state index contributed by atoms with van der Waals surface area (Å²) in [5.41, 5.74) is 3.60. The van der Waals surface area contributed by atoms with Crippen molar-refractivity contribution in [3.63, 3.8) is 0 Å². The Hall–Kier alpha value is -3.37. The lowest BCUT2D eigenvalue weighted by molar-refractivity contribution is 0.103. The molecule has 2 rings (SSSR count). The monoisotopic (exact) mass is 315 g/mol. The molecular weight excluding hydrogens is 298 g/mol. The summed E-state index contributed by atoms with van der Waals surface area (Å²) in [4.78, 5) is 12.7. The lowest BCUT2D eigenvalue weighted by Crippen LogP contribution is -2.05. The summed E-state index contributed by atoms with van der Waals surface area (Å²) in [6, 6.07) is 12.5. The van der Waals surface area contributed by atoms with Crippen LogP contribution in [0, 0.1) is 36.5 Å². The first-order valence-electron chi connectivity index (χ1n) is 7.46. The smallest absolute Gasteiger partial charge is 0.205 e. The van der Waals surface area contributed by atoms with Crippen LogP contribution in [-0.2, 0) is 6.54 Å². The zero-order valence-corrected chi connectivity index (χ0v) is 13.7. The topological polar surface area (TPSA) is 69.6 Å². The van der Waals surface area contributed by atoms with E-state index >= 15 is 0 Å². The lowest BCUT2D eigenvalue weighted by atomic mass is 10.0. The van der Waals surface area contributed by atoms with Crippen LogP contribution in [0.5, 0.6) is 0 Å². The predicted molar refractivity (Wildman–Crippen MR) is 93.2 cm³/mol. The number of ketones is 1. The molecular formula is C20H17N3O. The number of aryl methyl sites for hydroxylation is 1. The minimum atomic E-state index is -0.301. The maximum atomic E-state index is 12.7. The Bertz CT molecular complexity index is 900. The Morgan fingerprint density at radius 1 is 1.25 bits per heavy atom. The molecule has 0 aliphatic rings. The van der Waals surface area contributed by atoms with Gasteiger partial charge in [0.25, 0.3) is 0 Å². The van der Waals surface area contributed by atoms with Gasteiger partial charge in [0, 0.05) is 23.5 Å². The standard InChI is InChI=1S/C20H17N3O/c1-4-9-23-14(2)10-19(15(23)3)20(24)18(13-22)11-16-5-7-17(12-21)8-6-16/h4-8,10-11H,1,9H2,2-3H3/b18-11+. The van der Waals surface area contributed by atoms with E-state index in [9.17, 15) is 10.1 Å². The largest absolute Gasteiger partial charge is 0.345 e. The van der Waals surface area contributed by atoms with Crippen LogP contribution < -0.4 is 0 Å². The van der Waals surface area contributed by atoms with Crippen molar-refractivity contribution in [3.05, 3.63) is 76.6 Å². The molecule has 4 heteroatoms. The van der Waals surface area contributed by atoms with Crippen molar-refractivity contribution in [2.45, 2.75) is 20.4 Å². The summed E-state index contributed by atoms with van der Waals surface area (Å²) in [7, 11) is 0. The van der Waals surface area contributed by atoms with Gasteiger partial charge in [0.15, 0.2) is 0 Å². The highest BCUT2D eigenvalue weighted by Crippen LogP contribution is 2.20. The number of hydrogen-bond donors (Lipinski definition) is 0. The van der Waals surface area contributed by atoms with Crippen molar-refractivity contribution in [3.8, 4) is 12.1 Å². The van der Waals surface area contributed by atoms with Gasteiger partial charge in [-0.1, -0.05) is 18.2 Å². The van der Waals surface area contributed by atoms with E-state index in [1.165, 1.54) is 0 Å². The Balaban J connectivity index is 2.41. The fourth-order valence-corrected chi connectivity index (χ4v) is 2.56. The highest BCUT2D eigenvalue weighted by atomic mass is 16.1. The number of benzene rings is 1. The van der Waals surface area contributed by atoms with Crippen molar-refractivity contribution in [2.24, 2.45) is 0 Å². The van der Waals surface area contributed by atoms with Crippen LogP contribution in [0.4, 0.5) is 0 Å². The number of carbonyl (C=O) groups is 1. The van der Waals surface area contributed by atoms with Gasteiger partial charge >= 0.3 is 0 Å². The van der Waals surface area contributed by atoms with E-state index in [0.717, 1.165) is 11.4 Å². The van der Waals surface area contributed by atoms with Crippen molar-refractivity contribution >= 4 is 11.9 Å². The first-order valence-corrected chi connectivity index (χ1v) is 7.46. The van der Waals surface area contributed by atoms with Crippen LogP contribution in [0.25, 0.3) is 6.08 Å². The summed E-state index contributed by atoms with van der Waals surface area (Å²) in [6.45, 7) is 8.12. The Kier molecular flexibility index (Phi) is 5.14. The average Bonchev–Trinajstić information content (AvgIpc) is 2.88. The number of hydrogen-bond acceptors (Lipinski definition) is 3. The Morgan fingerprint density at radius 3 is 2.46 bits per heavy atom. The van der Waals surface area contributed by atoms with Gasteiger partial charge in [-0.25, -0.2) is 0 Å². The Morgan fingerprint density at radius 2 is 1.92 bits per heavy atom. The van der Waals surface area contributed by atoms with Gasteiger partial charge in [0.2, 0.25) is 5.78 Å². The van der Waals surface area contributed by atoms with E-state index in [2.05, 4.69) is 6.58 Å². The molecule has 118 valence electrons. The molecule has 0 atom stereocenters. The number of nitrogens with zero attached hydrogens (tertiary/aromatic N) is 3. The second kappa shape index (κ2) is 7.26. The number of rotatable bonds is 5. The molecule has 0 bridgehead atoms. The molecule has 0 radical (unpaired) electrons. The molecule has 0 N–H and O–H groups in total. The van der Waals surface area contributed by atoms with Gasteiger partial charge in [-0.15, -0.1) is 6.58 Å². The quantitative estimate of drug-likeness (QED) is 0.363. The van der Waals surface area contributed by atoms with Crippen LogP contribution in [-0.4, -0.2) is 10.4 Å². The second-order valence-corrected chi connectivity index (χ2v) is 5.42. The van der Waals surface area contributed by atoms with Gasteiger partial charge < -0.3 is 4.57 Å². The molecule has 2 aromatic rings. The molecule has 0 unspecified atom stereocenters. The molecule has 24 heavy (non-hydrogen) atoms. The van der Waals surface area contributed by atoms with Crippen molar-refractivity contribution in [1.29, 1.82) is 10.5 Å². The predicted octanol–water partition coefficient (Wildman–Crippen LogP) is 3.95. The Labute approximate surface area is 141 Å². The van der Waals surface area contributed by atoms with Crippen LogP contribution in [0.1, 0.15) is 32.9 Å². The van der Waals surface area contributed by atoms with E-state index in [0.29, 0.717) is 23.2 Å². The maximum Gasteiger partial charge on any atom is 0.205 e. The minimum absolute atomic E-state index is 0.0681. The number of nitriles is 2. The highest BCUT2D eigenvalue weighted by Gasteiger charge is 2.18. The van der Waals surface area contributed by atoms with E-state index in [-0.39, 0.29) is 11.4 Å². The fourth-order valence-electron chi connectivity index (χ4n) is 2.56. The summed E-state index contributed by atoms with van der Waals surface area (Å²) in [6.07, 6.45) is 3.31. The molecule has 0 aliphatic heterocycles. The van der Waals surface area contributed by atoms with Crippen LogP contribution in [0.3, 0.4) is 0 Å². The first-order chi connectivity index (χ1) is 11.5. The zero-order chi connectivity index (χ0) is 17.7. The molecule has 0 aliphatic carbocycles. The van der Waals surface area contributed by atoms with Gasteiger partial charge in [-0.3, -0.25) is 4.79 Å². The summed E-state index contributed by atoms with van der Waals surface area (Å²) in [5, 5.41) is 18.2. The van der Waals surface area contributed by atoms with E-state index in [4.69, 9.17) is 5.26 Å². The third-order valence-corrected chi connectivity index (χ3v) is 3.85. The van der Waals surface area contributed by atoms with E-state index < -0.39 is 0 Å². The van der Waals surface area contributed by atoms with Crippen LogP contribution in [0.2, 0.25) is 0 Å². The second-order valence-electron chi connectivity index (χ2n) is 5.42. The number of allylic oxidation sites excluding steroid dienone is 2. The lowest BCUT2D eigenvalue weighted by Gasteiger charge is -2.06. The number of Topliss-reactive ketones (excluding diaryl/α,β-unsaturated/α-hetero) is 1. The van der Waals surface area contributed by atoms with Crippen molar-refractivity contribution < 1.29 is 4.79 Å². The molecule has 0 saturated carbocycles. The fraction of sp³-hybridized carbons (Fsp3) is 0.150. The van der Waals surface area contributed by atoms with Gasteiger partial charge in [0.1, 0.15) is 11.6 Å². The number of carbonyl (C=O) groups excluding carboxylic acids is 1. The molecule has 4 nitrogen and oxygen atoms in total.